The van der Waals surface area contributed by atoms with Crippen LogP contribution in [0.1, 0.15) is 5.56 Å². The molecule has 0 radical (unpaired) electrons. The minimum absolute atomic E-state index is 0.0505. The van der Waals surface area contributed by atoms with E-state index in [1.165, 1.54) is 18.1 Å². The van der Waals surface area contributed by atoms with Crippen molar-refractivity contribution in [2.24, 2.45) is 5.10 Å². The van der Waals surface area contributed by atoms with Gasteiger partial charge in [0.25, 0.3) is 0 Å². The van der Waals surface area contributed by atoms with Crippen molar-refractivity contribution in [3.63, 3.8) is 0 Å². The Balaban J connectivity index is 2.35. The summed E-state index contributed by atoms with van der Waals surface area (Å²) in [5.41, 5.74) is 0.750. The zero-order valence-electron chi connectivity index (χ0n) is 9.29. The van der Waals surface area contributed by atoms with Crippen LogP contribution in [-0.2, 0) is 0 Å². The first-order valence-corrected chi connectivity index (χ1v) is 6.05. The minimum Gasteiger partial charge on any atom is -0.503 e. The Hall–Kier alpha value is -1.67. The Labute approximate surface area is 116 Å². The molecule has 1 heterocycles. The lowest BCUT2D eigenvalue weighted by atomic mass is 10.2. The van der Waals surface area contributed by atoms with E-state index in [0.29, 0.717) is 15.0 Å². The van der Waals surface area contributed by atoms with E-state index in [-0.39, 0.29) is 5.75 Å². The molecule has 0 atom stereocenters. The Morgan fingerprint density at radius 3 is 3.00 bits per heavy atom. The molecule has 1 aromatic heterocycles. The van der Waals surface area contributed by atoms with Gasteiger partial charge in [-0.2, -0.15) is 14.9 Å². The van der Waals surface area contributed by atoms with Crippen LogP contribution in [0.3, 0.4) is 0 Å². The summed E-state index contributed by atoms with van der Waals surface area (Å²) in [4.78, 5) is 0. The number of aromatic hydroxyl groups is 1. The minimum atomic E-state index is 0.0505. The molecular weight excluding hydrogens is 320 g/mol. The maximum Gasteiger partial charge on any atom is 0.216 e. The van der Waals surface area contributed by atoms with E-state index in [0.717, 1.165) is 5.56 Å². The van der Waals surface area contributed by atoms with Gasteiger partial charge in [-0.1, -0.05) is 0 Å². The van der Waals surface area contributed by atoms with Crippen molar-refractivity contribution < 1.29 is 9.84 Å². The van der Waals surface area contributed by atoms with E-state index in [2.05, 4.69) is 31.2 Å². The third kappa shape index (κ3) is 2.59. The largest absolute Gasteiger partial charge is 0.503 e. The van der Waals surface area contributed by atoms with Gasteiger partial charge in [0.2, 0.25) is 4.77 Å². The number of aromatic nitrogens is 3. The number of phenolic OH excluding ortho intramolecular Hbond substituents is 1. The molecule has 0 spiro atoms. The summed E-state index contributed by atoms with van der Waals surface area (Å²) < 4.78 is 7.38. The summed E-state index contributed by atoms with van der Waals surface area (Å²) in [7, 11) is 1.48. The van der Waals surface area contributed by atoms with Crippen LogP contribution in [0.4, 0.5) is 0 Å². The molecule has 0 aliphatic rings. The highest BCUT2D eigenvalue weighted by molar-refractivity contribution is 9.10. The van der Waals surface area contributed by atoms with Gasteiger partial charge >= 0.3 is 0 Å². The maximum absolute atomic E-state index is 9.67. The smallest absolute Gasteiger partial charge is 0.216 e. The van der Waals surface area contributed by atoms with Crippen molar-refractivity contribution in [2.75, 3.05) is 7.11 Å². The number of rotatable bonds is 3. The Kier molecular flexibility index (Phi) is 3.78. The molecule has 2 aromatic rings. The molecule has 2 N–H and O–H groups in total. The second-order valence-electron chi connectivity index (χ2n) is 3.30. The molecule has 0 fully saturated rings. The van der Waals surface area contributed by atoms with Crippen molar-refractivity contribution in [3.05, 3.63) is 33.3 Å². The highest BCUT2D eigenvalue weighted by Gasteiger charge is 2.07. The van der Waals surface area contributed by atoms with Crippen molar-refractivity contribution in [2.45, 2.75) is 0 Å². The Morgan fingerprint density at radius 2 is 2.39 bits per heavy atom. The number of ether oxygens (including phenoxy) is 1. The quantitative estimate of drug-likeness (QED) is 0.669. The first-order chi connectivity index (χ1) is 8.61. The van der Waals surface area contributed by atoms with Crippen molar-refractivity contribution in [1.29, 1.82) is 0 Å². The average Bonchev–Trinajstić information content (AvgIpc) is 2.76. The molecule has 0 amide bonds. The van der Waals surface area contributed by atoms with Gasteiger partial charge in [-0.3, -0.25) is 5.10 Å². The number of methoxy groups -OCH3 is 1. The summed E-state index contributed by atoms with van der Waals surface area (Å²) in [6, 6.07) is 3.37. The Morgan fingerprint density at radius 1 is 1.61 bits per heavy atom. The van der Waals surface area contributed by atoms with E-state index < -0.39 is 0 Å². The summed E-state index contributed by atoms with van der Waals surface area (Å²) in [5, 5.41) is 20.1. The first kappa shape index (κ1) is 12.8. The van der Waals surface area contributed by atoms with Crippen LogP contribution in [0.25, 0.3) is 0 Å². The standard InChI is InChI=1S/C10H9BrN4O2S/c1-17-8-3-6(2-7(11)9(8)16)4-13-15-5-12-14-10(15)18/h2-5,16H,1H3,(H,14,18)/b13-4+. The Bertz CT molecular complexity index is 650. The molecule has 6 nitrogen and oxygen atoms in total. The number of hydrogen-bond donors (Lipinski definition) is 2. The van der Waals surface area contributed by atoms with Crippen molar-refractivity contribution >= 4 is 34.4 Å². The fourth-order valence-corrected chi connectivity index (χ4v) is 1.88. The van der Waals surface area contributed by atoms with Gasteiger partial charge < -0.3 is 9.84 Å². The number of benzene rings is 1. The lowest BCUT2D eigenvalue weighted by Crippen LogP contribution is -1.91. The maximum atomic E-state index is 9.67. The van der Waals surface area contributed by atoms with E-state index >= 15 is 0 Å². The molecule has 0 unspecified atom stereocenters. The van der Waals surface area contributed by atoms with Gasteiger partial charge in [-0.25, -0.2) is 0 Å². The highest BCUT2D eigenvalue weighted by atomic mass is 79.9. The normalized spacial score (nSPS) is 11.0. The average molecular weight is 329 g/mol. The lowest BCUT2D eigenvalue weighted by molar-refractivity contribution is 0.372. The van der Waals surface area contributed by atoms with Gasteiger partial charge in [0.15, 0.2) is 11.5 Å². The molecule has 8 heteroatoms. The van der Waals surface area contributed by atoms with E-state index in [1.807, 2.05) is 0 Å². The predicted molar refractivity (Wildman–Crippen MR) is 72.8 cm³/mol. The molecule has 0 saturated heterocycles. The molecule has 18 heavy (non-hydrogen) atoms. The van der Waals surface area contributed by atoms with E-state index in [1.54, 1.807) is 18.3 Å². The van der Waals surface area contributed by atoms with Crippen LogP contribution >= 0.6 is 28.1 Å². The molecule has 0 aliphatic carbocycles. The van der Waals surface area contributed by atoms with Gasteiger partial charge in [0.05, 0.1) is 17.8 Å². The second-order valence-corrected chi connectivity index (χ2v) is 4.55. The van der Waals surface area contributed by atoms with Gasteiger partial charge in [0, 0.05) is 0 Å². The van der Waals surface area contributed by atoms with Crippen LogP contribution in [0, 0.1) is 4.77 Å². The second kappa shape index (κ2) is 5.32. The van der Waals surface area contributed by atoms with Crippen molar-refractivity contribution in [1.82, 2.24) is 14.9 Å². The van der Waals surface area contributed by atoms with Crippen LogP contribution in [0.15, 0.2) is 28.0 Å². The first-order valence-electron chi connectivity index (χ1n) is 4.84. The number of H-pyrrole nitrogens is 1. The van der Waals surface area contributed by atoms with Crippen LogP contribution in [0.2, 0.25) is 0 Å². The number of nitrogens with zero attached hydrogens (tertiary/aromatic N) is 3. The summed E-state index contributed by atoms with van der Waals surface area (Å²) >= 11 is 8.19. The summed E-state index contributed by atoms with van der Waals surface area (Å²) in [6.07, 6.45) is 3.05. The van der Waals surface area contributed by atoms with Gasteiger partial charge in [-0.05, 0) is 45.8 Å². The predicted octanol–water partition coefficient (Wildman–Crippen LogP) is 2.30. The lowest BCUT2D eigenvalue weighted by Gasteiger charge is -2.06. The third-order valence-corrected chi connectivity index (χ3v) is 3.02. The van der Waals surface area contributed by atoms with Gasteiger partial charge in [0.1, 0.15) is 6.33 Å². The van der Waals surface area contributed by atoms with Crippen LogP contribution < -0.4 is 4.74 Å². The number of phenols is 1. The topological polar surface area (TPSA) is 75.4 Å². The molecule has 0 aliphatic heterocycles. The fraction of sp³-hybridized carbons (Fsp3) is 0.100. The summed E-state index contributed by atoms with van der Waals surface area (Å²) in [6.45, 7) is 0. The molecule has 0 bridgehead atoms. The van der Waals surface area contributed by atoms with E-state index in [9.17, 15) is 5.11 Å². The zero-order valence-corrected chi connectivity index (χ0v) is 11.7. The number of halogens is 1. The molecule has 1 aromatic carbocycles. The van der Waals surface area contributed by atoms with Crippen molar-refractivity contribution in [3.8, 4) is 11.5 Å². The van der Waals surface area contributed by atoms with Gasteiger partial charge in [-0.15, -0.1) is 0 Å². The van der Waals surface area contributed by atoms with E-state index in [4.69, 9.17) is 17.0 Å². The number of hydrogen-bond acceptors (Lipinski definition) is 5. The number of aromatic amines is 1. The highest BCUT2D eigenvalue weighted by Crippen LogP contribution is 2.34. The SMILES string of the molecule is COc1cc(/C=N/n2cn[nH]c2=S)cc(Br)c1O. The third-order valence-electron chi connectivity index (χ3n) is 2.14. The zero-order chi connectivity index (χ0) is 13.1. The summed E-state index contributed by atoms with van der Waals surface area (Å²) in [5.74, 6) is 0.413. The number of nitrogens with one attached hydrogen (secondary N) is 1. The monoisotopic (exact) mass is 328 g/mol. The molecule has 94 valence electrons. The fourth-order valence-electron chi connectivity index (χ4n) is 1.28. The molecule has 2 rings (SSSR count). The van der Waals surface area contributed by atoms with Crippen LogP contribution in [0.5, 0.6) is 11.5 Å². The van der Waals surface area contributed by atoms with Crippen LogP contribution in [-0.4, -0.2) is 33.3 Å². The molecule has 0 saturated carbocycles. The molecular formula is C10H9BrN4O2S.